The van der Waals surface area contributed by atoms with Crippen molar-refractivity contribution in [2.75, 3.05) is 0 Å². The van der Waals surface area contributed by atoms with Crippen molar-refractivity contribution in [3.63, 3.8) is 0 Å². The molecule has 5 nitrogen and oxygen atoms in total. The summed E-state index contributed by atoms with van der Waals surface area (Å²) in [5.74, 6) is 0.862. The molecule has 0 amide bonds. The zero-order valence-corrected chi connectivity index (χ0v) is 24.9. The van der Waals surface area contributed by atoms with Gasteiger partial charge in [0.25, 0.3) is 0 Å². The molecule has 0 saturated heterocycles. The SMILES string of the molecule is Brc1ccc2c(c1)CN=C2.Cc1cc(C)nc(-n2ncc3ccc(Br)cc32)c1.Cc1cc(C)nc(Cl)c1. The van der Waals surface area contributed by atoms with Crippen LogP contribution in [0.2, 0.25) is 5.15 Å². The number of benzene rings is 2. The summed E-state index contributed by atoms with van der Waals surface area (Å²) in [6, 6.07) is 20.3. The van der Waals surface area contributed by atoms with Crippen LogP contribution in [0.4, 0.5) is 0 Å². The van der Waals surface area contributed by atoms with Crippen LogP contribution in [-0.4, -0.2) is 26.0 Å². The summed E-state index contributed by atoms with van der Waals surface area (Å²) in [5.41, 5.74) is 7.95. The summed E-state index contributed by atoms with van der Waals surface area (Å²) in [7, 11) is 0. The molecular weight excluding hydrogens is 614 g/mol. The summed E-state index contributed by atoms with van der Waals surface area (Å²) in [6.45, 7) is 8.84. The summed E-state index contributed by atoms with van der Waals surface area (Å²) in [6.07, 6.45) is 3.78. The molecule has 0 aliphatic carbocycles. The fourth-order valence-corrected chi connectivity index (χ4v) is 5.04. The normalized spacial score (nSPS) is 11.4. The molecule has 1 aliphatic rings. The fraction of sp³-hybridized carbons (Fsp3) is 0.172. The van der Waals surface area contributed by atoms with Crippen LogP contribution in [0.3, 0.4) is 0 Å². The van der Waals surface area contributed by atoms with Crippen molar-refractivity contribution < 1.29 is 0 Å². The van der Waals surface area contributed by atoms with E-state index in [1.54, 1.807) is 0 Å². The average Bonchev–Trinajstić information content (AvgIpc) is 3.44. The van der Waals surface area contributed by atoms with Crippen LogP contribution < -0.4 is 0 Å². The van der Waals surface area contributed by atoms with Gasteiger partial charge in [0.1, 0.15) is 5.15 Å². The minimum atomic E-state index is 0.576. The van der Waals surface area contributed by atoms with E-state index in [1.165, 1.54) is 16.7 Å². The Morgan fingerprint density at radius 2 is 1.46 bits per heavy atom. The van der Waals surface area contributed by atoms with E-state index in [-0.39, 0.29) is 0 Å². The molecule has 0 unspecified atom stereocenters. The number of hydrogen-bond acceptors (Lipinski definition) is 4. The standard InChI is InChI=1S/C14H12BrN3.C8H6BrN.C7H8ClN/c1-9-5-10(2)17-14(6-9)18-13-7-12(15)4-3-11(13)8-16-18;9-8-2-1-6-4-10-5-7(6)3-8;1-5-3-6(2)9-7(8)4-5/h3-8H,1-2H3;1-4H,5H2;3-4H,1-2H3. The van der Waals surface area contributed by atoms with Gasteiger partial charge in [-0.2, -0.15) is 5.10 Å². The van der Waals surface area contributed by atoms with Gasteiger partial charge in [0, 0.05) is 31.9 Å². The Bertz CT molecular complexity index is 1520. The quantitative estimate of drug-likeness (QED) is 0.173. The highest BCUT2D eigenvalue weighted by Gasteiger charge is 2.07. The third-order valence-electron chi connectivity index (χ3n) is 5.50. The van der Waals surface area contributed by atoms with Crippen molar-refractivity contribution in [1.29, 1.82) is 0 Å². The first-order valence-electron chi connectivity index (χ1n) is 11.7. The van der Waals surface area contributed by atoms with Crippen LogP contribution in [0.15, 0.2) is 80.8 Å². The van der Waals surface area contributed by atoms with E-state index < -0.39 is 0 Å². The highest BCUT2D eigenvalue weighted by atomic mass is 79.9. The molecule has 0 spiro atoms. The minimum Gasteiger partial charge on any atom is -0.288 e. The largest absolute Gasteiger partial charge is 0.288 e. The maximum atomic E-state index is 5.64. The van der Waals surface area contributed by atoms with Gasteiger partial charge in [-0.15, -0.1) is 0 Å². The minimum absolute atomic E-state index is 0.576. The molecule has 0 radical (unpaired) electrons. The van der Waals surface area contributed by atoms with E-state index in [9.17, 15) is 0 Å². The van der Waals surface area contributed by atoms with Gasteiger partial charge in [0.05, 0.1) is 18.3 Å². The van der Waals surface area contributed by atoms with Gasteiger partial charge < -0.3 is 0 Å². The lowest BCUT2D eigenvalue weighted by molar-refractivity contribution is 0.864. The molecule has 0 saturated carbocycles. The number of halogens is 3. The van der Waals surface area contributed by atoms with Gasteiger partial charge in [-0.05, 0) is 98.5 Å². The molecule has 0 fully saturated rings. The molecule has 0 bridgehead atoms. The lowest BCUT2D eigenvalue weighted by atomic mass is 10.1. The first kappa shape index (κ1) is 27.2. The number of rotatable bonds is 1. The topological polar surface area (TPSA) is 56.0 Å². The van der Waals surface area contributed by atoms with Crippen LogP contribution in [-0.2, 0) is 6.54 Å². The van der Waals surface area contributed by atoms with Crippen LogP contribution in [0.5, 0.6) is 0 Å². The van der Waals surface area contributed by atoms with Crippen molar-refractivity contribution >= 4 is 60.6 Å². The van der Waals surface area contributed by atoms with Crippen LogP contribution in [0, 0.1) is 27.7 Å². The van der Waals surface area contributed by atoms with Gasteiger partial charge in [0.2, 0.25) is 0 Å². The summed E-state index contributed by atoms with van der Waals surface area (Å²) in [5, 5.41) is 6.11. The van der Waals surface area contributed by atoms with Crippen LogP contribution >= 0.6 is 43.5 Å². The molecule has 1 aliphatic heterocycles. The smallest absolute Gasteiger partial charge is 0.154 e. The number of aryl methyl sites for hydroxylation is 4. The summed E-state index contributed by atoms with van der Waals surface area (Å²) < 4.78 is 4.05. The number of hydrogen-bond donors (Lipinski definition) is 0. The molecule has 0 N–H and O–H groups in total. The summed E-state index contributed by atoms with van der Waals surface area (Å²) in [4.78, 5) is 12.7. The fourth-order valence-electron chi connectivity index (χ4n) is 3.97. The highest BCUT2D eigenvalue weighted by molar-refractivity contribution is 9.10. The number of fused-ring (bicyclic) bond motifs is 2. The van der Waals surface area contributed by atoms with Crippen molar-refractivity contribution in [2.45, 2.75) is 34.2 Å². The molecular formula is C29H26Br2ClN5. The second-order valence-electron chi connectivity index (χ2n) is 8.83. The third-order valence-corrected chi connectivity index (χ3v) is 6.68. The van der Waals surface area contributed by atoms with Gasteiger partial charge >= 0.3 is 0 Å². The predicted molar refractivity (Wildman–Crippen MR) is 160 cm³/mol. The Labute approximate surface area is 238 Å². The molecule has 3 aromatic heterocycles. The Kier molecular flexibility index (Phi) is 8.90. The van der Waals surface area contributed by atoms with Crippen molar-refractivity contribution in [1.82, 2.24) is 19.7 Å². The van der Waals surface area contributed by atoms with E-state index in [2.05, 4.69) is 83.1 Å². The maximum Gasteiger partial charge on any atom is 0.154 e. The van der Waals surface area contributed by atoms with Gasteiger partial charge in [-0.1, -0.05) is 55.6 Å². The molecule has 37 heavy (non-hydrogen) atoms. The number of aromatic nitrogens is 4. The Morgan fingerprint density at radius 1 is 0.784 bits per heavy atom. The zero-order valence-electron chi connectivity index (χ0n) is 21.0. The van der Waals surface area contributed by atoms with Gasteiger partial charge in [0.15, 0.2) is 5.82 Å². The number of aliphatic imine (C=N–C) groups is 1. The number of pyridine rings is 2. The zero-order chi connectivity index (χ0) is 26.5. The van der Waals surface area contributed by atoms with E-state index in [1.807, 2.05) is 74.3 Å². The lowest BCUT2D eigenvalue weighted by Gasteiger charge is -2.05. The molecule has 4 heterocycles. The van der Waals surface area contributed by atoms with Crippen molar-refractivity contribution in [2.24, 2.45) is 4.99 Å². The molecule has 0 atom stereocenters. The third kappa shape index (κ3) is 7.34. The van der Waals surface area contributed by atoms with Crippen LogP contribution in [0.25, 0.3) is 16.7 Å². The number of nitrogens with zero attached hydrogens (tertiary/aromatic N) is 5. The monoisotopic (exact) mass is 637 g/mol. The van der Waals surface area contributed by atoms with Crippen LogP contribution in [0.1, 0.15) is 33.6 Å². The Hall–Kier alpha value is -2.87. The maximum absolute atomic E-state index is 5.64. The van der Waals surface area contributed by atoms with E-state index in [0.717, 1.165) is 49.2 Å². The van der Waals surface area contributed by atoms with E-state index >= 15 is 0 Å². The first-order valence-corrected chi connectivity index (χ1v) is 13.6. The molecule has 188 valence electrons. The average molecular weight is 640 g/mol. The van der Waals surface area contributed by atoms with Gasteiger partial charge in [-0.3, -0.25) is 4.99 Å². The van der Waals surface area contributed by atoms with E-state index in [4.69, 9.17) is 11.6 Å². The molecule has 2 aromatic carbocycles. The van der Waals surface area contributed by atoms with Gasteiger partial charge in [-0.25, -0.2) is 14.6 Å². The second-order valence-corrected chi connectivity index (χ2v) is 11.0. The predicted octanol–water partition coefficient (Wildman–Crippen LogP) is 8.53. The molecule has 8 heteroatoms. The molecule has 6 rings (SSSR count). The Balaban J connectivity index is 0.000000143. The van der Waals surface area contributed by atoms with Crippen molar-refractivity contribution in [3.05, 3.63) is 115 Å². The van der Waals surface area contributed by atoms with E-state index in [0.29, 0.717) is 5.15 Å². The molecule has 5 aromatic rings. The summed E-state index contributed by atoms with van der Waals surface area (Å²) >= 11 is 12.5. The van der Waals surface area contributed by atoms with Crippen molar-refractivity contribution in [3.8, 4) is 5.82 Å². The lowest BCUT2D eigenvalue weighted by Crippen LogP contribution is -2.01. The first-order chi connectivity index (χ1) is 17.7. The Morgan fingerprint density at radius 3 is 2.16 bits per heavy atom. The second kappa shape index (κ2) is 12.1. The highest BCUT2D eigenvalue weighted by Crippen LogP contribution is 2.22.